The Balaban J connectivity index is 1.91. The van der Waals surface area contributed by atoms with E-state index in [0.717, 1.165) is 0 Å². The molecular weight excluding hydrogens is 180 g/mol. The third kappa shape index (κ3) is 1.54. The molecule has 1 aliphatic heterocycles. The fourth-order valence-electron chi connectivity index (χ4n) is 2.53. The van der Waals surface area contributed by atoms with Gasteiger partial charge >= 0.3 is 5.97 Å². The minimum absolute atomic E-state index is 0.179. The highest BCUT2D eigenvalue weighted by Crippen LogP contribution is 2.49. The normalized spacial score (nSPS) is 37.1. The molecule has 2 atom stereocenters. The monoisotopic (exact) mass is 198 g/mol. The van der Waals surface area contributed by atoms with Crippen LogP contribution in [0, 0.1) is 5.92 Å². The lowest BCUT2D eigenvalue weighted by atomic mass is 9.89. The molecule has 14 heavy (non-hydrogen) atoms. The third-order valence-electron chi connectivity index (χ3n) is 3.50. The van der Waals surface area contributed by atoms with Crippen LogP contribution >= 0.6 is 0 Å². The SMILES string of the molecule is CCOC(=O)C1OC1(C)C1CCCC1. The number of esters is 1. The molecule has 0 amide bonds. The summed E-state index contributed by atoms with van der Waals surface area (Å²) >= 11 is 0. The molecule has 0 radical (unpaired) electrons. The molecule has 0 bridgehead atoms. The number of ether oxygens (including phenoxy) is 2. The van der Waals surface area contributed by atoms with E-state index in [0.29, 0.717) is 12.5 Å². The van der Waals surface area contributed by atoms with Gasteiger partial charge in [0.2, 0.25) is 0 Å². The number of carbonyl (C=O) groups is 1. The Labute approximate surface area is 84.8 Å². The number of carbonyl (C=O) groups excluding carboxylic acids is 1. The summed E-state index contributed by atoms with van der Waals surface area (Å²) in [5, 5.41) is 0. The first-order valence-electron chi connectivity index (χ1n) is 5.53. The largest absolute Gasteiger partial charge is 0.464 e. The zero-order chi connectivity index (χ0) is 10.2. The van der Waals surface area contributed by atoms with Crippen molar-refractivity contribution in [2.24, 2.45) is 5.92 Å². The summed E-state index contributed by atoms with van der Waals surface area (Å²) in [6, 6.07) is 0. The van der Waals surface area contributed by atoms with Crippen molar-refractivity contribution >= 4 is 5.97 Å². The molecular formula is C11H18O3. The molecule has 0 aromatic rings. The first-order chi connectivity index (χ1) is 6.68. The molecule has 0 aromatic heterocycles. The van der Waals surface area contributed by atoms with Crippen LogP contribution in [-0.2, 0) is 14.3 Å². The first-order valence-corrected chi connectivity index (χ1v) is 5.53. The van der Waals surface area contributed by atoms with Crippen LogP contribution in [0.25, 0.3) is 0 Å². The Kier molecular flexibility index (Phi) is 2.52. The smallest absolute Gasteiger partial charge is 0.338 e. The van der Waals surface area contributed by atoms with E-state index in [1.165, 1.54) is 25.7 Å². The average Bonchev–Trinajstić information content (AvgIpc) is 2.67. The van der Waals surface area contributed by atoms with Crippen molar-refractivity contribution in [3.63, 3.8) is 0 Å². The molecule has 3 heteroatoms. The number of hydrogen-bond donors (Lipinski definition) is 0. The third-order valence-corrected chi connectivity index (χ3v) is 3.50. The van der Waals surface area contributed by atoms with E-state index in [1.54, 1.807) is 0 Å². The van der Waals surface area contributed by atoms with Gasteiger partial charge in [0.25, 0.3) is 0 Å². The fraction of sp³-hybridized carbons (Fsp3) is 0.909. The van der Waals surface area contributed by atoms with Crippen LogP contribution < -0.4 is 0 Å². The zero-order valence-corrected chi connectivity index (χ0v) is 8.91. The predicted octanol–water partition coefficient (Wildman–Crippen LogP) is 1.90. The van der Waals surface area contributed by atoms with E-state index < -0.39 is 0 Å². The minimum Gasteiger partial charge on any atom is -0.464 e. The summed E-state index contributed by atoms with van der Waals surface area (Å²) in [5.41, 5.74) is -0.206. The lowest BCUT2D eigenvalue weighted by molar-refractivity contribution is -0.144. The minimum atomic E-state index is -0.287. The molecule has 1 saturated heterocycles. The van der Waals surface area contributed by atoms with Gasteiger partial charge in [-0.3, -0.25) is 0 Å². The lowest BCUT2D eigenvalue weighted by Gasteiger charge is -2.13. The summed E-state index contributed by atoms with van der Waals surface area (Å²) in [4.78, 5) is 11.4. The van der Waals surface area contributed by atoms with Crippen molar-refractivity contribution in [3.8, 4) is 0 Å². The molecule has 1 saturated carbocycles. The van der Waals surface area contributed by atoms with Gasteiger partial charge in [0.1, 0.15) is 5.60 Å². The molecule has 0 N–H and O–H groups in total. The van der Waals surface area contributed by atoms with Crippen LogP contribution in [-0.4, -0.2) is 24.3 Å². The maximum absolute atomic E-state index is 11.4. The summed E-state index contributed by atoms with van der Waals surface area (Å²) in [6.45, 7) is 4.32. The van der Waals surface area contributed by atoms with Crippen molar-refractivity contribution in [3.05, 3.63) is 0 Å². The Bertz CT molecular complexity index is 233. The quantitative estimate of drug-likeness (QED) is 0.513. The Morgan fingerprint density at radius 1 is 1.50 bits per heavy atom. The zero-order valence-electron chi connectivity index (χ0n) is 8.91. The second kappa shape index (κ2) is 3.54. The molecule has 2 rings (SSSR count). The summed E-state index contributed by atoms with van der Waals surface area (Å²) < 4.78 is 10.5. The summed E-state index contributed by atoms with van der Waals surface area (Å²) in [6.07, 6.45) is 4.67. The summed E-state index contributed by atoms with van der Waals surface area (Å²) in [7, 11) is 0. The van der Waals surface area contributed by atoms with Gasteiger partial charge in [0.05, 0.1) is 6.61 Å². The predicted molar refractivity (Wildman–Crippen MR) is 51.9 cm³/mol. The van der Waals surface area contributed by atoms with Crippen molar-refractivity contribution in [1.82, 2.24) is 0 Å². The van der Waals surface area contributed by atoms with Crippen molar-refractivity contribution < 1.29 is 14.3 Å². The van der Waals surface area contributed by atoms with Crippen LogP contribution in [0.4, 0.5) is 0 Å². The molecule has 3 nitrogen and oxygen atoms in total. The molecule has 1 aliphatic carbocycles. The second-order valence-corrected chi connectivity index (χ2v) is 4.42. The molecule has 1 heterocycles. The standard InChI is InChI=1S/C11H18O3/c1-3-13-10(12)9-11(2,14-9)8-6-4-5-7-8/h8-9H,3-7H2,1-2H3. The Hall–Kier alpha value is -0.570. The van der Waals surface area contributed by atoms with E-state index >= 15 is 0 Å². The van der Waals surface area contributed by atoms with Crippen molar-refractivity contribution in [2.45, 2.75) is 51.2 Å². The average molecular weight is 198 g/mol. The van der Waals surface area contributed by atoms with Gasteiger partial charge in [-0.15, -0.1) is 0 Å². The van der Waals surface area contributed by atoms with Gasteiger partial charge in [-0.1, -0.05) is 12.8 Å². The number of epoxide rings is 1. The number of hydrogen-bond acceptors (Lipinski definition) is 3. The van der Waals surface area contributed by atoms with Crippen LogP contribution in [0.5, 0.6) is 0 Å². The van der Waals surface area contributed by atoms with Crippen molar-refractivity contribution in [1.29, 1.82) is 0 Å². The van der Waals surface area contributed by atoms with Gasteiger partial charge in [0.15, 0.2) is 6.10 Å². The van der Waals surface area contributed by atoms with Gasteiger partial charge in [-0.2, -0.15) is 0 Å². The topological polar surface area (TPSA) is 38.8 Å². The van der Waals surface area contributed by atoms with E-state index in [1.807, 2.05) is 13.8 Å². The van der Waals surface area contributed by atoms with Crippen LogP contribution in [0.1, 0.15) is 39.5 Å². The summed E-state index contributed by atoms with van der Waals surface area (Å²) in [5.74, 6) is 0.388. The van der Waals surface area contributed by atoms with Crippen LogP contribution in [0.15, 0.2) is 0 Å². The highest BCUT2D eigenvalue weighted by Gasteiger charge is 2.62. The highest BCUT2D eigenvalue weighted by molar-refractivity contribution is 5.79. The highest BCUT2D eigenvalue weighted by atomic mass is 16.7. The van der Waals surface area contributed by atoms with Gasteiger partial charge < -0.3 is 9.47 Å². The van der Waals surface area contributed by atoms with E-state index in [4.69, 9.17) is 9.47 Å². The first kappa shape index (κ1) is 9.97. The fourth-order valence-corrected chi connectivity index (χ4v) is 2.53. The molecule has 80 valence electrons. The maximum Gasteiger partial charge on any atom is 0.338 e. The lowest BCUT2D eigenvalue weighted by Crippen LogP contribution is -2.26. The molecule has 0 aromatic carbocycles. The van der Waals surface area contributed by atoms with Crippen molar-refractivity contribution in [2.75, 3.05) is 6.61 Å². The van der Waals surface area contributed by atoms with Crippen LogP contribution in [0.3, 0.4) is 0 Å². The maximum atomic E-state index is 11.4. The van der Waals surface area contributed by atoms with Gasteiger partial charge in [0, 0.05) is 0 Å². The Morgan fingerprint density at radius 2 is 2.14 bits per heavy atom. The van der Waals surface area contributed by atoms with Gasteiger partial charge in [-0.05, 0) is 32.6 Å². The molecule has 2 unspecified atom stereocenters. The molecule has 0 spiro atoms. The van der Waals surface area contributed by atoms with E-state index in [-0.39, 0.29) is 17.7 Å². The molecule has 2 aliphatic rings. The van der Waals surface area contributed by atoms with Crippen LogP contribution in [0.2, 0.25) is 0 Å². The molecule has 2 fully saturated rings. The Morgan fingerprint density at radius 3 is 2.71 bits per heavy atom. The van der Waals surface area contributed by atoms with E-state index in [9.17, 15) is 4.79 Å². The second-order valence-electron chi connectivity index (χ2n) is 4.42. The van der Waals surface area contributed by atoms with Gasteiger partial charge in [-0.25, -0.2) is 4.79 Å². The van der Waals surface area contributed by atoms with E-state index in [2.05, 4.69) is 0 Å². The number of rotatable bonds is 3.